The third-order valence-corrected chi connectivity index (χ3v) is 3.35. The molecule has 0 saturated heterocycles. The smallest absolute Gasteiger partial charge is 0.267 e. The van der Waals surface area contributed by atoms with Crippen LogP contribution >= 0.6 is 11.3 Å². The van der Waals surface area contributed by atoms with Gasteiger partial charge in [-0.15, -0.1) is 11.3 Å². The van der Waals surface area contributed by atoms with Gasteiger partial charge in [0, 0.05) is 23.4 Å². The van der Waals surface area contributed by atoms with Crippen molar-refractivity contribution in [3.05, 3.63) is 51.5 Å². The van der Waals surface area contributed by atoms with E-state index in [1.165, 1.54) is 0 Å². The minimum Gasteiger partial charge on any atom is -0.321 e. The number of nitrogens with one attached hydrogen (secondary N) is 1. The van der Waals surface area contributed by atoms with Crippen LogP contribution in [0.15, 0.2) is 23.6 Å². The summed E-state index contributed by atoms with van der Waals surface area (Å²) in [5, 5.41) is 3.95. The second-order valence-electron chi connectivity index (χ2n) is 3.88. The third-order valence-electron chi connectivity index (χ3n) is 2.44. The zero-order valence-corrected chi connectivity index (χ0v) is 11.4. The van der Waals surface area contributed by atoms with Gasteiger partial charge in [0.1, 0.15) is 4.88 Å². The van der Waals surface area contributed by atoms with Crippen molar-refractivity contribution in [3.8, 4) is 11.8 Å². The molecule has 1 heterocycles. The summed E-state index contributed by atoms with van der Waals surface area (Å²) in [7, 11) is 0. The maximum Gasteiger partial charge on any atom is 0.267 e. The highest BCUT2D eigenvalue weighted by Crippen LogP contribution is 2.21. The van der Waals surface area contributed by atoms with Crippen molar-refractivity contribution in [2.75, 3.05) is 11.9 Å². The van der Waals surface area contributed by atoms with Crippen molar-refractivity contribution in [2.45, 2.75) is 0 Å². The molecule has 0 unspecified atom stereocenters. The van der Waals surface area contributed by atoms with Gasteiger partial charge in [-0.1, -0.05) is 11.8 Å². The van der Waals surface area contributed by atoms with Crippen LogP contribution in [-0.4, -0.2) is 12.5 Å². The molecule has 0 saturated carbocycles. The predicted molar refractivity (Wildman–Crippen MR) is 74.5 cm³/mol. The SMILES string of the molecule is NCC#Cc1ccsc1C(=O)Nc1cc(F)c(F)c(F)c1. The molecule has 3 N–H and O–H groups in total. The lowest BCUT2D eigenvalue weighted by Gasteiger charge is -2.05. The summed E-state index contributed by atoms with van der Waals surface area (Å²) in [5.41, 5.74) is 5.54. The van der Waals surface area contributed by atoms with Gasteiger partial charge >= 0.3 is 0 Å². The van der Waals surface area contributed by atoms with Crippen LogP contribution in [0, 0.1) is 29.3 Å². The highest BCUT2D eigenvalue weighted by Gasteiger charge is 2.15. The van der Waals surface area contributed by atoms with Gasteiger partial charge in [0.05, 0.1) is 6.54 Å². The summed E-state index contributed by atoms with van der Waals surface area (Å²) < 4.78 is 39.0. The number of anilines is 1. The molecule has 3 nitrogen and oxygen atoms in total. The molecule has 1 aromatic carbocycles. The molecule has 108 valence electrons. The van der Waals surface area contributed by atoms with Crippen molar-refractivity contribution in [3.63, 3.8) is 0 Å². The Balaban J connectivity index is 2.25. The predicted octanol–water partition coefficient (Wildman–Crippen LogP) is 2.73. The fourth-order valence-electron chi connectivity index (χ4n) is 1.55. The number of hydrogen-bond donors (Lipinski definition) is 2. The summed E-state index contributed by atoms with van der Waals surface area (Å²) in [6, 6.07) is 3.04. The lowest BCUT2D eigenvalue weighted by atomic mass is 10.2. The van der Waals surface area contributed by atoms with Gasteiger partial charge in [0.25, 0.3) is 5.91 Å². The van der Waals surface area contributed by atoms with Crippen molar-refractivity contribution in [1.29, 1.82) is 0 Å². The average molecular weight is 310 g/mol. The molecule has 0 spiro atoms. The van der Waals surface area contributed by atoms with E-state index in [-0.39, 0.29) is 17.1 Å². The molecule has 0 radical (unpaired) electrons. The molecule has 1 amide bonds. The lowest BCUT2D eigenvalue weighted by molar-refractivity contribution is 0.103. The number of amides is 1. The van der Waals surface area contributed by atoms with Gasteiger partial charge < -0.3 is 11.1 Å². The van der Waals surface area contributed by atoms with Crippen molar-refractivity contribution in [1.82, 2.24) is 0 Å². The highest BCUT2D eigenvalue weighted by atomic mass is 32.1. The molecule has 0 aliphatic rings. The van der Waals surface area contributed by atoms with E-state index in [2.05, 4.69) is 17.2 Å². The fourth-order valence-corrected chi connectivity index (χ4v) is 2.29. The molecule has 21 heavy (non-hydrogen) atoms. The van der Waals surface area contributed by atoms with E-state index in [4.69, 9.17) is 5.73 Å². The van der Waals surface area contributed by atoms with Crippen LogP contribution in [0.4, 0.5) is 18.9 Å². The molecule has 2 rings (SSSR count). The number of carbonyl (C=O) groups is 1. The summed E-state index contributed by atoms with van der Waals surface area (Å²) in [6.07, 6.45) is 0. The topological polar surface area (TPSA) is 55.1 Å². The first kappa shape index (κ1) is 15.1. The van der Waals surface area contributed by atoms with Crippen LogP contribution < -0.4 is 11.1 Å². The zero-order valence-electron chi connectivity index (χ0n) is 10.5. The zero-order chi connectivity index (χ0) is 15.4. The van der Waals surface area contributed by atoms with E-state index in [0.717, 1.165) is 11.3 Å². The Morgan fingerprint density at radius 3 is 2.57 bits per heavy atom. The van der Waals surface area contributed by atoms with E-state index in [1.807, 2.05) is 0 Å². The number of nitrogens with two attached hydrogens (primary N) is 1. The molecule has 0 aliphatic carbocycles. The van der Waals surface area contributed by atoms with Crippen molar-refractivity contribution >= 4 is 22.9 Å². The second kappa shape index (κ2) is 6.43. The van der Waals surface area contributed by atoms with E-state index >= 15 is 0 Å². The number of benzene rings is 1. The van der Waals surface area contributed by atoms with E-state index < -0.39 is 23.4 Å². The largest absolute Gasteiger partial charge is 0.321 e. The van der Waals surface area contributed by atoms with E-state index in [0.29, 0.717) is 17.7 Å². The van der Waals surface area contributed by atoms with Crippen molar-refractivity contribution < 1.29 is 18.0 Å². The molecule has 0 bridgehead atoms. The van der Waals surface area contributed by atoms with Gasteiger partial charge in [0.2, 0.25) is 0 Å². The quantitative estimate of drug-likeness (QED) is 0.662. The molecular weight excluding hydrogens is 301 g/mol. The molecule has 2 aromatic rings. The first-order chi connectivity index (χ1) is 10.0. The van der Waals surface area contributed by atoms with Gasteiger partial charge in [0.15, 0.2) is 17.5 Å². The molecule has 0 aliphatic heterocycles. The molecule has 1 aromatic heterocycles. The number of carbonyl (C=O) groups excluding carboxylic acids is 1. The fraction of sp³-hybridized carbons (Fsp3) is 0.0714. The van der Waals surface area contributed by atoms with Crippen LogP contribution in [0.1, 0.15) is 15.2 Å². The Hall–Kier alpha value is -2.30. The summed E-state index contributed by atoms with van der Waals surface area (Å²) >= 11 is 1.12. The summed E-state index contributed by atoms with van der Waals surface area (Å²) in [5.74, 6) is 0.407. The maximum absolute atomic E-state index is 13.1. The minimum atomic E-state index is -1.58. The molecule has 7 heteroatoms. The summed E-state index contributed by atoms with van der Waals surface area (Å²) in [4.78, 5) is 12.3. The maximum atomic E-state index is 13.1. The van der Waals surface area contributed by atoms with Gasteiger partial charge in [-0.3, -0.25) is 4.79 Å². The van der Waals surface area contributed by atoms with E-state index in [9.17, 15) is 18.0 Å². The Kier molecular flexibility index (Phi) is 4.62. The molecular formula is C14H9F3N2OS. The first-order valence-corrected chi connectivity index (χ1v) is 6.63. The lowest BCUT2D eigenvalue weighted by Crippen LogP contribution is -2.12. The number of rotatable bonds is 2. The third kappa shape index (κ3) is 3.42. The summed E-state index contributed by atoms with van der Waals surface area (Å²) in [6.45, 7) is 0.144. The average Bonchev–Trinajstić information content (AvgIpc) is 2.90. The number of thiophene rings is 1. The molecule has 0 fully saturated rings. The minimum absolute atomic E-state index is 0.144. The van der Waals surface area contributed by atoms with Gasteiger partial charge in [-0.25, -0.2) is 13.2 Å². The standard InChI is InChI=1S/C14H9F3N2OS/c15-10-6-9(7-11(16)12(10)17)19-14(20)13-8(2-1-4-18)3-5-21-13/h3,5-7H,4,18H2,(H,19,20). The Morgan fingerprint density at radius 2 is 1.95 bits per heavy atom. The Bertz CT molecular complexity index is 723. The van der Waals surface area contributed by atoms with Gasteiger partial charge in [-0.05, 0) is 11.4 Å². The number of halogens is 3. The van der Waals surface area contributed by atoms with Crippen LogP contribution in [0.25, 0.3) is 0 Å². The van der Waals surface area contributed by atoms with Crippen LogP contribution in [0.2, 0.25) is 0 Å². The van der Waals surface area contributed by atoms with Gasteiger partial charge in [-0.2, -0.15) is 0 Å². The first-order valence-electron chi connectivity index (χ1n) is 5.75. The van der Waals surface area contributed by atoms with Crippen molar-refractivity contribution in [2.24, 2.45) is 5.73 Å². The number of hydrogen-bond acceptors (Lipinski definition) is 3. The normalized spacial score (nSPS) is 9.90. The second-order valence-corrected chi connectivity index (χ2v) is 4.79. The monoisotopic (exact) mass is 310 g/mol. The van der Waals surface area contributed by atoms with Crippen LogP contribution in [-0.2, 0) is 0 Å². The highest BCUT2D eigenvalue weighted by molar-refractivity contribution is 7.12. The van der Waals surface area contributed by atoms with E-state index in [1.54, 1.807) is 11.4 Å². The van der Waals surface area contributed by atoms with Crippen LogP contribution in [0.5, 0.6) is 0 Å². The Labute approximate surface area is 122 Å². The Morgan fingerprint density at radius 1 is 1.29 bits per heavy atom. The molecule has 0 atom stereocenters. The van der Waals surface area contributed by atoms with Crippen LogP contribution in [0.3, 0.4) is 0 Å².